The van der Waals surface area contributed by atoms with Crippen LogP contribution in [0.5, 0.6) is 0 Å². The second kappa shape index (κ2) is 5.10. The average molecular weight is 225 g/mol. The van der Waals surface area contributed by atoms with Crippen molar-refractivity contribution in [3.05, 3.63) is 22.4 Å². The molecule has 3 heteroatoms. The normalized spacial score (nSPS) is 28.9. The molecule has 0 amide bonds. The molecule has 2 heterocycles. The number of aliphatic hydroxyl groups is 1. The molecule has 2 N–H and O–H groups in total. The monoisotopic (exact) mass is 225 g/mol. The Labute approximate surface area is 95.3 Å². The fourth-order valence-electron chi connectivity index (χ4n) is 2.30. The van der Waals surface area contributed by atoms with Crippen molar-refractivity contribution in [3.8, 4) is 0 Å². The smallest absolute Gasteiger partial charge is 0.103 e. The first kappa shape index (κ1) is 11.1. The molecule has 0 aliphatic carbocycles. The Kier molecular flexibility index (Phi) is 3.78. The van der Waals surface area contributed by atoms with Crippen LogP contribution in [0, 0.1) is 5.92 Å². The number of aliphatic hydroxyl groups excluding tert-OH is 1. The van der Waals surface area contributed by atoms with Crippen molar-refractivity contribution >= 4 is 11.3 Å². The molecule has 0 radical (unpaired) electrons. The lowest BCUT2D eigenvalue weighted by molar-refractivity contribution is 0.101. The van der Waals surface area contributed by atoms with Crippen molar-refractivity contribution in [3.63, 3.8) is 0 Å². The zero-order valence-corrected chi connectivity index (χ0v) is 9.96. The Morgan fingerprint density at radius 1 is 1.67 bits per heavy atom. The quantitative estimate of drug-likeness (QED) is 0.828. The Hall–Kier alpha value is -0.380. The molecule has 1 fully saturated rings. The molecular formula is C12H19NOS. The number of thiophene rings is 1. The SMILES string of the molecule is CCC1CCNC(C(O)c2cccs2)C1. The molecule has 2 nitrogen and oxygen atoms in total. The number of nitrogens with one attached hydrogen (secondary N) is 1. The zero-order chi connectivity index (χ0) is 10.7. The molecule has 15 heavy (non-hydrogen) atoms. The molecule has 0 bridgehead atoms. The predicted octanol–water partition coefficient (Wildman–Crippen LogP) is 2.56. The van der Waals surface area contributed by atoms with Gasteiger partial charge in [-0.3, -0.25) is 0 Å². The Bertz CT molecular complexity index is 286. The van der Waals surface area contributed by atoms with Crippen molar-refractivity contribution < 1.29 is 5.11 Å². The summed E-state index contributed by atoms with van der Waals surface area (Å²) in [6.07, 6.45) is 3.27. The van der Waals surface area contributed by atoms with E-state index < -0.39 is 0 Å². The Balaban J connectivity index is 1.98. The highest BCUT2D eigenvalue weighted by molar-refractivity contribution is 7.10. The third-order valence-corrected chi connectivity index (χ3v) is 4.28. The van der Waals surface area contributed by atoms with E-state index >= 15 is 0 Å². The highest BCUT2D eigenvalue weighted by atomic mass is 32.1. The molecule has 1 aromatic rings. The van der Waals surface area contributed by atoms with Crippen LogP contribution in [-0.2, 0) is 0 Å². The van der Waals surface area contributed by atoms with Gasteiger partial charge in [0.05, 0.1) is 0 Å². The number of hydrogen-bond acceptors (Lipinski definition) is 3. The van der Waals surface area contributed by atoms with E-state index in [0.29, 0.717) is 0 Å². The van der Waals surface area contributed by atoms with Gasteiger partial charge in [0.2, 0.25) is 0 Å². The molecule has 3 atom stereocenters. The summed E-state index contributed by atoms with van der Waals surface area (Å²) in [6, 6.07) is 4.28. The lowest BCUT2D eigenvalue weighted by Gasteiger charge is -2.32. The van der Waals surface area contributed by atoms with Crippen LogP contribution < -0.4 is 5.32 Å². The van der Waals surface area contributed by atoms with Gasteiger partial charge in [-0.1, -0.05) is 19.4 Å². The summed E-state index contributed by atoms with van der Waals surface area (Å²) < 4.78 is 0. The molecule has 84 valence electrons. The first-order chi connectivity index (χ1) is 7.31. The summed E-state index contributed by atoms with van der Waals surface area (Å²) in [5.74, 6) is 0.783. The van der Waals surface area contributed by atoms with E-state index in [9.17, 15) is 5.11 Å². The molecule has 1 aliphatic rings. The van der Waals surface area contributed by atoms with Crippen LogP contribution in [0.3, 0.4) is 0 Å². The first-order valence-electron chi connectivity index (χ1n) is 5.76. The maximum Gasteiger partial charge on any atom is 0.103 e. The van der Waals surface area contributed by atoms with Crippen molar-refractivity contribution in [2.24, 2.45) is 5.92 Å². The third kappa shape index (κ3) is 2.60. The van der Waals surface area contributed by atoms with Crippen molar-refractivity contribution in [1.82, 2.24) is 5.32 Å². The van der Waals surface area contributed by atoms with Gasteiger partial charge in [0.25, 0.3) is 0 Å². The summed E-state index contributed by atoms with van der Waals surface area (Å²) in [5.41, 5.74) is 0. The molecule has 0 spiro atoms. The van der Waals surface area contributed by atoms with Crippen molar-refractivity contribution in [1.29, 1.82) is 0 Å². The largest absolute Gasteiger partial charge is 0.386 e. The van der Waals surface area contributed by atoms with E-state index in [1.165, 1.54) is 12.8 Å². The lowest BCUT2D eigenvalue weighted by Crippen LogP contribution is -2.41. The standard InChI is InChI=1S/C12H19NOS/c1-2-9-5-6-13-10(8-9)12(14)11-4-3-7-15-11/h3-4,7,9-10,12-14H,2,5-6,8H2,1H3. The topological polar surface area (TPSA) is 32.3 Å². The van der Waals surface area contributed by atoms with Crippen LogP contribution in [0.1, 0.15) is 37.2 Å². The predicted molar refractivity (Wildman–Crippen MR) is 64.1 cm³/mol. The second-order valence-corrected chi connectivity index (χ2v) is 5.30. The average Bonchev–Trinajstić information content (AvgIpc) is 2.81. The number of rotatable bonds is 3. The molecule has 1 aliphatic heterocycles. The zero-order valence-electron chi connectivity index (χ0n) is 9.15. The van der Waals surface area contributed by atoms with Gasteiger partial charge in [-0.2, -0.15) is 0 Å². The summed E-state index contributed by atoms with van der Waals surface area (Å²) in [4.78, 5) is 1.09. The van der Waals surface area contributed by atoms with E-state index in [1.54, 1.807) is 11.3 Å². The highest BCUT2D eigenvalue weighted by Gasteiger charge is 2.27. The van der Waals surface area contributed by atoms with Gasteiger partial charge < -0.3 is 10.4 Å². The van der Waals surface area contributed by atoms with E-state index in [2.05, 4.69) is 12.2 Å². The molecule has 3 unspecified atom stereocenters. The summed E-state index contributed by atoms with van der Waals surface area (Å²) in [7, 11) is 0. The van der Waals surface area contributed by atoms with Gasteiger partial charge in [0.1, 0.15) is 6.10 Å². The van der Waals surface area contributed by atoms with E-state index in [-0.39, 0.29) is 12.1 Å². The van der Waals surface area contributed by atoms with Crippen LogP contribution in [0.4, 0.5) is 0 Å². The van der Waals surface area contributed by atoms with Crippen LogP contribution >= 0.6 is 11.3 Å². The minimum Gasteiger partial charge on any atom is -0.386 e. The van der Waals surface area contributed by atoms with Crippen LogP contribution in [0.2, 0.25) is 0 Å². The fraction of sp³-hybridized carbons (Fsp3) is 0.667. The molecular weight excluding hydrogens is 206 g/mol. The third-order valence-electron chi connectivity index (χ3n) is 3.34. The summed E-state index contributed by atoms with van der Waals surface area (Å²) in [6.45, 7) is 3.29. The fourth-order valence-corrected chi connectivity index (χ4v) is 3.08. The maximum absolute atomic E-state index is 10.2. The number of piperidine rings is 1. The summed E-state index contributed by atoms with van der Waals surface area (Å²) in [5, 5.41) is 15.6. The highest BCUT2D eigenvalue weighted by Crippen LogP contribution is 2.29. The van der Waals surface area contributed by atoms with Crippen molar-refractivity contribution in [2.75, 3.05) is 6.54 Å². The molecule has 1 aromatic heterocycles. The summed E-state index contributed by atoms with van der Waals surface area (Å²) >= 11 is 1.64. The van der Waals surface area contributed by atoms with E-state index in [1.807, 2.05) is 17.5 Å². The minimum absolute atomic E-state index is 0.252. The van der Waals surface area contributed by atoms with Gasteiger partial charge in [-0.15, -0.1) is 11.3 Å². The first-order valence-corrected chi connectivity index (χ1v) is 6.64. The molecule has 2 rings (SSSR count). The van der Waals surface area contributed by atoms with Crippen LogP contribution in [0.15, 0.2) is 17.5 Å². The molecule has 0 aromatic carbocycles. The van der Waals surface area contributed by atoms with Crippen molar-refractivity contribution in [2.45, 2.75) is 38.3 Å². The van der Waals surface area contributed by atoms with Gasteiger partial charge in [-0.25, -0.2) is 0 Å². The Morgan fingerprint density at radius 2 is 2.53 bits per heavy atom. The maximum atomic E-state index is 10.2. The van der Waals surface area contributed by atoms with Gasteiger partial charge in [-0.05, 0) is 36.8 Å². The van der Waals surface area contributed by atoms with Gasteiger partial charge in [0.15, 0.2) is 0 Å². The van der Waals surface area contributed by atoms with Gasteiger partial charge in [0, 0.05) is 10.9 Å². The number of hydrogen-bond donors (Lipinski definition) is 2. The van der Waals surface area contributed by atoms with Crippen LogP contribution in [0.25, 0.3) is 0 Å². The van der Waals surface area contributed by atoms with Crippen LogP contribution in [-0.4, -0.2) is 17.7 Å². The van der Waals surface area contributed by atoms with E-state index in [0.717, 1.165) is 23.8 Å². The van der Waals surface area contributed by atoms with Gasteiger partial charge >= 0.3 is 0 Å². The molecule has 0 saturated carbocycles. The van der Waals surface area contributed by atoms with E-state index in [4.69, 9.17) is 0 Å². The lowest BCUT2D eigenvalue weighted by atomic mass is 9.88. The molecule has 1 saturated heterocycles. The second-order valence-electron chi connectivity index (χ2n) is 4.32. The minimum atomic E-state index is -0.320. The Morgan fingerprint density at radius 3 is 3.20 bits per heavy atom.